The van der Waals surface area contributed by atoms with Crippen LogP contribution in [-0.2, 0) is 5.54 Å². The van der Waals surface area contributed by atoms with Crippen LogP contribution in [-0.4, -0.2) is 6.54 Å². The number of benzene rings is 1. The van der Waals surface area contributed by atoms with Gasteiger partial charge in [0, 0.05) is 5.54 Å². The summed E-state index contributed by atoms with van der Waals surface area (Å²) in [5.74, 6) is 0.641. The molecule has 1 heterocycles. The average molecular weight is 231 g/mol. The Morgan fingerprint density at radius 1 is 1.18 bits per heavy atom. The van der Waals surface area contributed by atoms with Crippen LogP contribution in [0.4, 0.5) is 0 Å². The van der Waals surface area contributed by atoms with Crippen molar-refractivity contribution in [3.8, 4) is 0 Å². The Morgan fingerprint density at radius 2 is 2.00 bits per heavy atom. The number of rotatable bonds is 2. The molecule has 0 saturated carbocycles. The van der Waals surface area contributed by atoms with Crippen molar-refractivity contribution in [3.63, 3.8) is 0 Å². The molecule has 1 unspecified atom stereocenters. The van der Waals surface area contributed by atoms with Gasteiger partial charge >= 0.3 is 0 Å². The fraction of sp³-hybridized carbons (Fsp3) is 0.625. The molecule has 1 N–H and O–H groups in total. The predicted molar refractivity (Wildman–Crippen MR) is 74.2 cm³/mol. The Balaban J connectivity index is 2.39. The van der Waals surface area contributed by atoms with E-state index in [2.05, 4.69) is 50.4 Å². The van der Waals surface area contributed by atoms with E-state index in [1.807, 2.05) is 0 Å². The Bertz CT molecular complexity index is 360. The summed E-state index contributed by atoms with van der Waals surface area (Å²) < 4.78 is 0. The van der Waals surface area contributed by atoms with E-state index < -0.39 is 0 Å². The molecule has 1 aromatic rings. The molecule has 1 fully saturated rings. The lowest BCUT2D eigenvalue weighted by molar-refractivity contribution is 0.231. The lowest BCUT2D eigenvalue weighted by Gasteiger charge is -2.39. The lowest BCUT2D eigenvalue weighted by atomic mass is 9.76. The van der Waals surface area contributed by atoms with Crippen LogP contribution >= 0.6 is 0 Å². The first-order chi connectivity index (χ1) is 8.15. The van der Waals surface area contributed by atoms with Gasteiger partial charge in [-0.05, 0) is 37.8 Å². The molecule has 1 aromatic carbocycles. The standard InChI is InChI=1S/C16H25N/c1-13(2)16(10-5-4-6-11-17-16)15-9-7-8-14(3)12-15/h7-9,12-13,17H,4-6,10-11H2,1-3H3. The molecule has 0 aliphatic carbocycles. The Morgan fingerprint density at radius 3 is 2.71 bits per heavy atom. The third-order valence-corrected chi connectivity index (χ3v) is 4.21. The van der Waals surface area contributed by atoms with E-state index in [4.69, 9.17) is 0 Å². The van der Waals surface area contributed by atoms with Gasteiger partial charge in [-0.2, -0.15) is 0 Å². The lowest BCUT2D eigenvalue weighted by Crippen LogP contribution is -2.46. The summed E-state index contributed by atoms with van der Waals surface area (Å²) in [5, 5.41) is 3.84. The van der Waals surface area contributed by atoms with Gasteiger partial charge in [-0.15, -0.1) is 0 Å². The second kappa shape index (κ2) is 5.22. The largest absolute Gasteiger partial charge is 0.307 e. The number of hydrogen-bond donors (Lipinski definition) is 1. The van der Waals surface area contributed by atoms with Crippen molar-refractivity contribution in [1.82, 2.24) is 5.32 Å². The normalized spacial score (nSPS) is 25.9. The summed E-state index contributed by atoms with van der Waals surface area (Å²) in [7, 11) is 0. The van der Waals surface area contributed by atoms with Crippen molar-refractivity contribution in [1.29, 1.82) is 0 Å². The van der Waals surface area contributed by atoms with E-state index in [1.54, 1.807) is 0 Å². The van der Waals surface area contributed by atoms with Crippen LogP contribution in [0.5, 0.6) is 0 Å². The minimum absolute atomic E-state index is 0.197. The van der Waals surface area contributed by atoms with Gasteiger partial charge in [0.15, 0.2) is 0 Å². The molecular formula is C16H25N. The zero-order chi connectivity index (χ0) is 12.3. The fourth-order valence-corrected chi connectivity index (χ4v) is 3.10. The van der Waals surface area contributed by atoms with Crippen LogP contribution < -0.4 is 5.32 Å². The van der Waals surface area contributed by atoms with Gasteiger partial charge < -0.3 is 5.32 Å². The summed E-state index contributed by atoms with van der Waals surface area (Å²) in [4.78, 5) is 0. The van der Waals surface area contributed by atoms with Crippen molar-refractivity contribution < 1.29 is 0 Å². The highest BCUT2D eigenvalue weighted by atomic mass is 15.0. The second-order valence-electron chi connectivity index (χ2n) is 5.73. The Kier molecular flexibility index (Phi) is 3.88. The average Bonchev–Trinajstić information content (AvgIpc) is 2.55. The first kappa shape index (κ1) is 12.6. The van der Waals surface area contributed by atoms with E-state index in [9.17, 15) is 0 Å². The maximum atomic E-state index is 3.84. The summed E-state index contributed by atoms with van der Waals surface area (Å²) in [5.41, 5.74) is 3.05. The van der Waals surface area contributed by atoms with Gasteiger partial charge in [0.1, 0.15) is 0 Å². The highest BCUT2D eigenvalue weighted by Gasteiger charge is 2.35. The van der Waals surface area contributed by atoms with Crippen LogP contribution in [0.25, 0.3) is 0 Å². The molecule has 1 aliphatic rings. The van der Waals surface area contributed by atoms with Gasteiger partial charge in [0.25, 0.3) is 0 Å². The second-order valence-corrected chi connectivity index (χ2v) is 5.73. The molecule has 0 amide bonds. The van der Waals surface area contributed by atoms with Crippen molar-refractivity contribution >= 4 is 0 Å². The van der Waals surface area contributed by atoms with E-state index in [-0.39, 0.29) is 5.54 Å². The summed E-state index contributed by atoms with van der Waals surface area (Å²) in [6, 6.07) is 9.04. The van der Waals surface area contributed by atoms with Gasteiger partial charge in [-0.25, -0.2) is 0 Å². The Hall–Kier alpha value is -0.820. The molecule has 0 aromatic heterocycles. The SMILES string of the molecule is Cc1cccc(C2(C(C)C)CCCCCN2)c1. The fourth-order valence-electron chi connectivity index (χ4n) is 3.10. The molecule has 1 nitrogen and oxygen atoms in total. The van der Waals surface area contributed by atoms with Crippen molar-refractivity contribution in [2.75, 3.05) is 6.54 Å². The van der Waals surface area contributed by atoms with Crippen LogP contribution in [0.1, 0.15) is 50.7 Å². The third-order valence-electron chi connectivity index (χ3n) is 4.21. The minimum atomic E-state index is 0.197. The molecule has 2 rings (SSSR count). The zero-order valence-electron chi connectivity index (χ0n) is 11.4. The van der Waals surface area contributed by atoms with Crippen molar-refractivity contribution in [3.05, 3.63) is 35.4 Å². The number of hydrogen-bond acceptors (Lipinski definition) is 1. The molecule has 17 heavy (non-hydrogen) atoms. The molecular weight excluding hydrogens is 206 g/mol. The minimum Gasteiger partial charge on any atom is -0.307 e. The molecule has 1 heteroatoms. The monoisotopic (exact) mass is 231 g/mol. The van der Waals surface area contributed by atoms with Crippen LogP contribution in [0, 0.1) is 12.8 Å². The Labute approximate surface area is 106 Å². The molecule has 1 atom stereocenters. The first-order valence-corrected chi connectivity index (χ1v) is 6.97. The molecule has 0 bridgehead atoms. The first-order valence-electron chi connectivity index (χ1n) is 6.97. The highest BCUT2D eigenvalue weighted by molar-refractivity contribution is 5.30. The van der Waals surface area contributed by atoms with Gasteiger partial charge in [0.2, 0.25) is 0 Å². The highest BCUT2D eigenvalue weighted by Crippen LogP contribution is 2.36. The van der Waals surface area contributed by atoms with Crippen molar-refractivity contribution in [2.24, 2.45) is 5.92 Å². The van der Waals surface area contributed by atoms with Crippen molar-refractivity contribution in [2.45, 2.75) is 52.0 Å². The molecule has 1 saturated heterocycles. The predicted octanol–water partition coefficient (Wildman–Crippen LogP) is 4.01. The number of aryl methyl sites for hydroxylation is 1. The molecule has 94 valence electrons. The molecule has 0 radical (unpaired) electrons. The summed E-state index contributed by atoms with van der Waals surface area (Å²) >= 11 is 0. The smallest absolute Gasteiger partial charge is 0.0457 e. The molecule has 0 spiro atoms. The quantitative estimate of drug-likeness (QED) is 0.811. The summed E-state index contributed by atoms with van der Waals surface area (Å²) in [6.07, 6.45) is 5.31. The zero-order valence-corrected chi connectivity index (χ0v) is 11.4. The maximum absolute atomic E-state index is 3.84. The van der Waals surface area contributed by atoms with E-state index in [0.717, 1.165) is 6.54 Å². The van der Waals surface area contributed by atoms with E-state index >= 15 is 0 Å². The van der Waals surface area contributed by atoms with Crippen LogP contribution in [0.2, 0.25) is 0 Å². The van der Waals surface area contributed by atoms with Crippen LogP contribution in [0.3, 0.4) is 0 Å². The number of nitrogens with one attached hydrogen (secondary N) is 1. The van der Waals surface area contributed by atoms with Crippen LogP contribution in [0.15, 0.2) is 24.3 Å². The van der Waals surface area contributed by atoms with E-state index in [0.29, 0.717) is 5.92 Å². The topological polar surface area (TPSA) is 12.0 Å². The van der Waals surface area contributed by atoms with Gasteiger partial charge in [-0.1, -0.05) is 56.5 Å². The van der Waals surface area contributed by atoms with Gasteiger partial charge in [-0.3, -0.25) is 0 Å². The summed E-state index contributed by atoms with van der Waals surface area (Å²) in [6.45, 7) is 8.04. The third kappa shape index (κ3) is 2.55. The molecule has 1 aliphatic heterocycles. The maximum Gasteiger partial charge on any atom is 0.0457 e. The van der Waals surface area contributed by atoms with Gasteiger partial charge in [0.05, 0.1) is 0 Å². The van der Waals surface area contributed by atoms with E-state index in [1.165, 1.54) is 36.8 Å².